The van der Waals surface area contributed by atoms with Gasteiger partial charge in [0, 0.05) is 13.2 Å². The van der Waals surface area contributed by atoms with Gasteiger partial charge in [-0.3, -0.25) is 4.79 Å². The molecule has 22 heavy (non-hydrogen) atoms. The molecule has 1 aromatic carbocycles. The van der Waals surface area contributed by atoms with E-state index < -0.39 is 22.0 Å². The molecule has 1 rings (SSSR count). The maximum Gasteiger partial charge on any atom is 0.244 e. The summed E-state index contributed by atoms with van der Waals surface area (Å²) in [6, 6.07) is 3.85. The number of methoxy groups -OCH3 is 1. The quantitative estimate of drug-likeness (QED) is 0.589. The number of amides is 1. The van der Waals surface area contributed by atoms with Crippen LogP contribution in [0.2, 0.25) is 0 Å². The largest absolute Gasteiger partial charge is 0.495 e. The zero-order valence-electron chi connectivity index (χ0n) is 12.9. The Balaban J connectivity index is 2.87. The molecule has 7 nitrogen and oxygen atoms in total. The fraction of sp³-hybridized carbons (Fsp3) is 0.500. The van der Waals surface area contributed by atoms with Gasteiger partial charge < -0.3 is 15.2 Å². The van der Waals surface area contributed by atoms with Gasteiger partial charge in [-0.05, 0) is 38.0 Å². The van der Waals surface area contributed by atoms with Crippen LogP contribution in [0.3, 0.4) is 0 Å². The van der Waals surface area contributed by atoms with E-state index in [0.717, 1.165) is 5.56 Å². The molecule has 0 heterocycles. The zero-order valence-corrected chi connectivity index (χ0v) is 13.7. The van der Waals surface area contributed by atoms with Crippen molar-refractivity contribution in [3.8, 4) is 5.75 Å². The molecular formula is C14H22N2O5S. The van der Waals surface area contributed by atoms with Crippen molar-refractivity contribution >= 4 is 15.9 Å². The molecule has 0 aliphatic heterocycles. The molecule has 0 saturated heterocycles. The summed E-state index contributed by atoms with van der Waals surface area (Å²) in [6.07, 6.45) is 0.414. The van der Waals surface area contributed by atoms with E-state index >= 15 is 0 Å². The molecule has 0 fully saturated rings. The normalized spacial score (nSPS) is 12.7. The Morgan fingerprint density at radius 1 is 1.41 bits per heavy atom. The molecule has 0 aliphatic carbocycles. The van der Waals surface area contributed by atoms with Gasteiger partial charge in [-0.15, -0.1) is 0 Å². The molecule has 0 aromatic heterocycles. The van der Waals surface area contributed by atoms with Crippen LogP contribution >= 0.6 is 0 Å². The maximum absolute atomic E-state index is 12.4. The van der Waals surface area contributed by atoms with E-state index in [-0.39, 0.29) is 23.8 Å². The van der Waals surface area contributed by atoms with E-state index in [2.05, 4.69) is 10.0 Å². The number of carbonyl (C=O) groups is 1. The molecule has 3 N–H and O–H groups in total. The Bertz CT molecular complexity index is 616. The standard InChI is InChI=1S/C14H22N2O5S/c1-10-5-6-12(21-3)13(9-10)22(19,20)16-11(2)14(18)15-7-4-8-17/h5-6,9,11,16-17H,4,7-8H2,1-3H3,(H,15,18)/t11-/m1/s1. The van der Waals surface area contributed by atoms with Crippen molar-refractivity contribution in [1.82, 2.24) is 10.0 Å². The van der Waals surface area contributed by atoms with Gasteiger partial charge in [0.25, 0.3) is 0 Å². The number of ether oxygens (including phenoxy) is 1. The Morgan fingerprint density at radius 2 is 2.09 bits per heavy atom. The molecule has 0 bridgehead atoms. The number of aryl methyl sites for hydroxylation is 1. The van der Waals surface area contributed by atoms with Crippen molar-refractivity contribution < 1.29 is 23.1 Å². The van der Waals surface area contributed by atoms with Crippen LogP contribution in [0.1, 0.15) is 18.9 Å². The van der Waals surface area contributed by atoms with E-state index in [1.165, 1.54) is 20.1 Å². The molecule has 0 spiro atoms. The molecule has 0 aliphatic rings. The van der Waals surface area contributed by atoms with Gasteiger partial charge in [0.2, 0.25) is 15.9 Å². The highest BCUT2D eigenvalue weighted by molar-refractivity contribution is 7.89. The number of benzene rings is 1. The van der Waals surface area contributed by atoms with Gasteiger partial charge in [0.15, 0.2) is 0 Å². The van der Waals surface area contributed by atoms with Gasteiger partial charge in [-0.25, -0.2) is 8.42 Å². The first kappa shape index (κ1) is 18.4. The van der Waals surface area contributed by atoms with Gasteiger partial charge in [-0.2, -0.15) is 4.72 Å². The number of hydrogen-bond donors (Lipinski definition) is 3. The first-order chi connectivity index (χ1) is 10.3. The van der Waals surface area contributed by atoms with Crippen LogP contribution in [0.25, 0.3) is 0 Å². The van der Waals surface area contributed by atoms with Crippen LogP contribution < -0.4 is 14.8 Å². The van der Waals surface area contributed by atoms with Crippen molar-refractivity contribution in [2.24, 2.45) is 0 Å². The fourth-order valence-electron chi connectivity index (χ4n) is 1.79. The zero-order chi connectivity index (χ0) is 16.8. The second-order valence-electron chi connectivity index (χ2n) is 4.87. The molecular weight excluding hydrogens is 308 g/mol. The summed E-state index contributed by atoms with van der Waals surface area (Å²) in [4.78, 5) is 11.8. The van der Waals surface area contributed by atoms with Crippen molar-refractivity contribution in [3.63, 3.8) is 0 Å². The SMILES string of the molecule is COc1ccc(C)cc1S(=O)(=O)N[C@H](C)C(=O)NCCCO. The molecule has 0 saturated carbocycles. The molecule has 1 amide bonds. The topological polar surface area (TPSA) is 105 Å². The molecule has 1 atom stereocenters. The average Bonchev–Trinajstić information content (AvgIpc) is 2.46. The Hall–Kier alpha value is -1.64. The number of hydrogen-bond acceptors (Lipinski definition) is 5. The van der Waals surface area contributed by atoms with Crippen molar-refractivity contribution in [3.05, 3.63) is 23.8 Å². The summed E-state index contributed by atoms with van der Waals surface area (Å²) in [5, 5.41) is 11.2. The smallest absolute Gasteiger partial charge is 0.244 e. The number of carbonyl (C=O) groups excluding carboxylic acids is 1. The minimum atomic E-state index is -3.89. The Labute approximate surface area is 130 Å². The number of rotatable bonds is 8. The number of sulfonamides is 1. The molecule has 1 aromatic rings. The van der Waals surface area contributed by atoms with Crippen LogP contribution in [0.5, 0.6) is 5.75 Å². The van der Waals surface area contributed by atoms with Gasteiger partial charge in [-0.1, -0.05) is 6.07 Å². The van der Waals surface area contributed by atoms with E-state index in [4.69, 9.17) is 9.84 Å². The summed E-state index contributed by atoms with van der Waals surface area (Å²) in [5.41, 5.74) is 0.765. The first-order valence-corrected chi connectivity index (χ1v) is 8.35. The second kappa shape index (κ2) is 8.11. The average molecular weight is 330 g/mol. The minimum absolute atomic E-state index is 0.00925. The highest BCUT2D eigenvalue weighted by Gasteiger charge is 2.24. The monoisotopic (exact) mass is 330 g/mol. The fourth-order valence-corrected chi connectivity index (χ4v) is 3.24. The van der Waals surface area contributed by atoms with Crippen molar-refractivity contribution in [1.29, 1.82) is 0 Å². The summed E-state index contributed by atoms with van der Waals surface area (Å²) in [5.74, 6) is -0.241. The lowest BCUT2D eigenvalue weighted by molar-refractivity contribution is -0.122. The third-order valence-corrected chi connectivity index (χ3v) is 4.53. The van der Waals surface area contributed by atoms with Crippen molar-refractivity contribution in [2.45, 2.75) is 31.2 Å². The lowest BCUT2D eigenvalue weighted by atomic mass is 10.2. The van der Waals surface area contributed by atoms with E-state index in [1.54, 1.807) is 19.1 Å². The van der Waals surface area contributed by atoms with Crippen molar-refractivity contribution in [2.75, 3.05) is 20.3 Å². The van der Waals surface area contributed by atoms with E-state index in [0.29, 0.717) is 6.42 Å². The third-order valence-electron chi connectivity index (χ3n) is 2.97. The molecule has 0 unspecified atom stereocenters. The summed E-state index contributed by atoms with van der Waals surface area (Å²) in [7, 11) is -2.50. The van der Waals surface area contributed by atoms with Gasteiger partial charge >= 0.3 is 0 Å². The molecule has 8 heteroatoms. The minimum Gasteiger partial charge on any atom is -0.495 e. The second-order valence-corrected chi connectivity index (χ2v) is 6.55. The Kier molecular flexibility index (Phi) is 6.79. The van der Waals surface area contributed by atoms with Crippen LogP contribution in [0.15, 0.2) is 23.1 Å². The lowest BCUT2D eigenvalue weighted by Crippen LogP contribution is -2.45. The summed E-state index contributed by atoms with van der Waals surface area (Å²) < 4.78 is 32.2. The van der Waals surface area contributed by atoms with Crippen LogP contribution in [-0.4, -0.2) is 45.7 Å². The van der Waals surface area contributed by atoms with Crippen LogP contribution in [0, 0.1) is 6.92 Å². The first-order valence-electron chi connectivity index (χ1n) is 6.87. The predicted octanol–water partition coefficient (Wildman–Crippen LogP) is 0.169. The summed E-state index contributed by atoms with van der Waals surface area (Å²) in [6.45, 7) is 3.47. The maximum atomic E-state index is 12.4. The van der Waals surface area contributed by atoms with Gasteiger partial charge in [0.05, 0.1) is 13.2 Å². The predicted molar refractivity (Wildman–Crippen MR) is 82.2 cm³/mol. The summed E-state index contributed by atoms with van der Waals surface area (Å²) >= 11 is 0. The number of aliphatic hydroxyl groups excluding tert-OH is 1. The van der Waals surface area contributed by atoms with Crippen LogP contribution in [-0.2, 0) is 14.8 Å². The van der Waals surface area contributed by atoms with E-state index in [1.807, 2.05) is 0 Å². The Morgan fingerprint density at radius 3 is 2.68 bits per heavy atom. The highest BCUT2D eigenvalue weighted by atomic mass is 32.2. The number of aliphatic hydroxyl groups is 1. The molecule has 0 radical (unpaired) electrons. The van der Waals surface area contributed by atoms with Gasteiger partial charge in [0.1, 0.15) is 10.6 Å². The van der Waals surface area contributed by atoms with Crippen LogP contribution in [0.4, 0.5) is 0 Å². The lowest BCUT2D eigenvalue weighted by Gasteiger charge is -2.16. The number of nitrogens with one attached hydrogen (secondary N) is 2. The molecule has 124 valence electrons. The highest BCUT2D eigenvalue weighted by Crippen LogP contribution is 2.24. The third kappa shape index (κ3) is 4.97. The van der Waals surface area contributed by atoms with E-state index in [9.17, 15) is 13.2 Å².